The standard InChI is InChI=1S/C17H27N3O2/c1-15(14-22-2)18-17(21)13-20-10-8-19(9-11-20)12-16-6-4-3-5-7-16/h3-7,15H,8-14H2,1-2H3,(H,18,21). The summed E-state index contributed by atoms with van der Waals surface area (Å²) in [4.78, 5) is 16.6. The highest BCUT2D eigenvalue weighted by molar-refractivity contribution is 5.78. The maximum Gasteiger partial charge on any atom is 0.234 e. The minimum absolute atomic E-state index is 0.0665. The van der Waals surface area contributed by atoms with Crippen LogP contribution in [0.5, 0.6) is 0 Å². The average Bonchev–Trinajstić information content (AvgIpc) is 2.50. The molecule has 22 heavy (non-hydrogen) atoms. The van der Waals surface area contributed by atoms with Gasteiger partial charge in [0.1, 0.15) is 0 Å². The van der Waals surface area contributed by atoms with Crippen LogP contribution in [0.1, 0.15) is 12.5 Å². The van der Waals surface area contributed by atoms with Crippen molar-refractivity contribution in [1.29, 1.82) is 0 Å². The maximum atomic E-state index is 11.9. The van der Waals surface area contributed by atoms with Crippen molar-refractivity contribution in [3.63, 3.8) is 0 Å². The molecule has 1 fully saturated rings. The third-order valence-corrected chi connectivity index (χ3v) is 3.91. The van der Waals surface area contributed by atoms with Gasteiger partial charge in [-0.1, -0.05) is 30.3 Å². The Bertz CT molecular complexity index is 444. The third-order valence-electron chi connectivity index (χ3n) is 3.91. The SMILES string of the molecule is COCC(C)NC(=O)CN1CCN(Cc2ccccc2)CC1. The highest BCUT2D eigenvalue weighted by atomic mass is 16.5. The van der Waals surface area contributed by atoms with E-state index >= 15 is 0 Å². The van der Waals surface area contributed by atoms with Gasteiger partial charge in [-0.05, 0) is 12.5 Å². The summed E-state index contributed by atoms with van der Waals surface area (Å²) in [6, 6.07) is 10.6. The number of hydrogen-bond donors (Lipinski definition) is 1. The molecule has 0 radical (unpaired) electrons. The molecular formula is C17H27N3O2. The lowest BCUT2D eigenvalue weighted by atomic mass is 10.2. The predicted octanol–water partition coefficient (Wildman–Crippen LogP) is 0.955. The molecule has 2 rings (SSSR count). The van der Waals surface area contributed by atoms with E-state index in [2.05, 4.69) is 39.4 Å². The van der Waals surface area contributed by atoms with E-state index < -0.39 is 0 Å². The molecule has 1 heterocycles. The van der Waals surface area contributed by atoms with Crippen molar-refractivity contribution in [2.24, 2.45) is 0 Å². The molecule has 0 saturated carbocycles. The van der Waals surface area contributed by atoms with Gasteiger partial charge < -0.3 is 10.1 Å². The van der Waals surface area contributed by atoms with Crippen LogP contribution in [0.2, 0.25) is 0 Å². The van der Waals surface area contributed by atoms with Crippen molar-refractivity contribution in [3.05, 3.63) is 35.9 Å². The topological polar surface area (TPSA) is 44.8 Å². The van der Waals surface area contributed by atoms with Gasteiger partial charge in [-0.3, -0.25) is 14.6 Å². The van der Waals surface area contributed by atoms with Gasteiger partial charge in [0.2, 0.25) is 5.91 Å². The molecule has 0 bridgehead atoms. The lowest BCUT2D eigenvalue weighted by Gasteiger charge is -2.34. The van der Waals surface area contributed by atoms with Gasteiger partial charge in [0.05, 0.1) is 13.2 Å². The van der Waals surface area contributed by atoms with Gasteiger partial charge in [-0.25, -0.2) is 0 Å². The number of carbonyl (C=O) groups is 1. The van der Waals surface area contributed by atoms with E-state index in [-0.39, 0.29) is 11.9 Å². The van der Waals surface area contributed by atoms with Crippen molar-refractivity contribution >= 4 is 5.91 Å². The highest BCUT2D eigenvalue weighted by Gasteiger charge is 2.19. The van der Waals surface area contributed by atoms with E-state index in [0.29, 0.717) is 13.2 Å². The van der Waals surface area contributed by atoms with Gasteiger partial charge in [-0.15, -0.1) is 0 Å². The molecule has 122 valence electrons. The summed E-state index contributed by atoms with van der Waals surface area (Å²) in [5.74, 6) is 0.0843. The molecule has 5 nitrogen and oxygen atoms in total. The molecular weight excluding hydrogens is 278 g/mol. The van der Waals surface area contributed by atoms with Gasteiger partial charge >= 0.3 is 0 Å². The summed E-state index contributed by atoms with van der Waals surface area (Å²) in [5.41, 5.74) is 1.35. The van der Waals surface area contributed by atoms with Crippen molar-refractivity contribution in [2.75, 3.05) is 46.4 Å². The fraction of sp³-hybridized carbons (Fsp3) is 0.588. The van der Waals surface area contributed by atoms with E-state index in [1.54, 1.807) is 7.11 Å². The fourth-order valence-corrected chi connectivity index (χ4v) is 2.76. The van der Waals surface area contributed by atoms with Crippen LogP contribution in [0.4, 0.5) is 0 Å². The second-order valence-electron chi connectivity index (χ2n) is 5.96. The van der Waals surface area contributed by atoms with Crippen LogP contribution in [0.15, 0.2) is 30.3 Å². The summed E-state index contributed by atoms with van der Waals surface area (Å²) >= 11 is 0. The van der Waals surface area contributed by atoms with Crippen molar-refractivity contribution < 1.29 is 9.53 Å². The molecule has 0 aromatic heterocycles. The second-order valence-corrected chi connectivity index (χ2v) is 5.96. The number of nitrogens with zero attached hydrogens (tertiary/aromatic N) is 2. The number of amides is 1. The lowest BCUT2D eigenvalue weighted by Crippen LogP contribution is -2.50. The highest BCUT2D eigenvalue weighted by Crippen LogP contribution is 2.08. The molecule has 1 saturated heterocycles. The lowest BCUT2D eigenvalue weighted by molar-refractivity contribution is -0.123. The average molecular weight is 305 g/mol. The van der Waals surface area contributed by atoms with E-state index in [1.807, 2.05) is 13.0 Å². The molecule has 1 aromatic carbocycles. The number of methoxy groups -OCH3 is 1. The fourth-order valence-electron chi connectivity index (χ4n) is 2.76. The van der Waals surface area contributed by atoms with Gasteiger partial charge in [0.25, 0.3) is 0 Å². The number of hydrogen-bond acceptors (Lipinski definition) is 4. The molecule has 0 spiro atoms. The maximum absolute atomic E-state index is 11.9. The van der Waals surface area contributed by atoms with Crippen molar-refractivity contribution in [1.82, 2.24) is 15.1 Å². The van der Waals surface area contributed by atoms with Crippen LogP contribution in [0.3, 0.4) is 0 Å². The molecule has 1 unspecified atom stereocenters. The first-order valence-electron chi connectivity index (χ1n) is 7.94. The third kappa shape index (κ3) is 5.75. The van der Waals surface area contributed by atoms with Crippen LogP contribution < -0.4 is 5.32 Å². The Kier molecular flexibility index (Phi) is 6.83. The van der Waals surface area contributed by atoms with Gasteiger partial charge in [0, 0.05) is 45.9 Å². The molecule has 1 N–H and O–H groups in total. The monoisotopic (exact) mass is 305 g/mol. The largest absolute Gasteiger partial charge is 0.383 e. The van der Waals surface area contributed by atoms with E-state index in [9.17, 15) is 4.79 Å². The van der Waals surface area contributed by atoms with Crippen LogP contribution in [0, 0.1) is 0 Å². The number of carbonyl (C=O) groups excluding carboxylic acids is 1. The van der Waals surface area contributed by atoms with Crippen molar-refractivity contribution in [2.45, 2.75) is 19.5 Å². The Labute approximate surface area is 133 Å². The summed E-state index contributed by atoms with van der Waals surface area (Å²) in [6.45, 7) is 7.89. The predicted molar refractivity (Wildman–Crippen MR) is 87.6 cm³/mol. The number of benzene rings is 1. The second kappa shape index (κ2) is 8.88. The molecule has 1 aliphatic heterocycles. The minimum atomic E-state index is 0.0665. The number of ether oxygens (including phenoxy) is 1. The Hall–Kier alpha value is -1.43. The molecule has 1 atom stereocenters. The zero-order valence-corrected chi connectivity index (χ0v) is 13.6. The quantitative estimate of drug-likeness (QED) is 0.815. The number of rotatable bonds is 7. The molecule has 1 aromatic rings. The van der Waals surface area contributed by atoms with Crippen molar-refractivity contribution in [3.8, 4) is 0 Å². The summed E-state index contributed by atoms with van der Waals surface area (Å²) < 4.78 is 5.03. The summed E-state index contributed by atoms with van der Waals surface area (Å²) in [6.07, 6.45) is 0. The molecule has 0 aliphatic carbocycles. The smallest absolute Gasteiger partial charge is 0.234 e. The van der Waals surface area contributed by atoms with Gasteiger partial charge in [0.15, 0.2) is 0 Å². The van der Waals surface area contributed by atoms with Crippen LogP contribution in [0.25, 0.3) is 0 Å². The normalized spacial score (nSPS) is 18.1. The Balaban J connectivity index is 1.67. The Morgan fingerprint density at radius 2 is 1.82 bits per heavy atom. The first kappa shape index (κ1) is 16.9. The summed E-state index contributed by atoms with van der Waals surface area (Å²) in [5, 5.41) is 2.96. The molecule has 1 aliphatic rings. The molecule has 5 heteroatoms. The Morgan fingerprint density at radius 1 is 1.18 bits per heavy atom. The first-order valence-corrected chi connectivity index (χ1v) is 7.94. The number of nitrogens with one attached hydrogen (secondary N) is 1. The zero-order chi connectivity index (χ0) is 15.8. The van der Waals surface area contributed by atoms with Crippen LogP contribution in [-0.4, -0.2) is 68.2 Å². The van der Waals surface area contributed by atoms with E-state index in [1.165, 1.54) is 5.56 Å². The van der Waals surface area contributed by atoms with Crippen LogP contribution in [-0.2, 0) is 16.1 Å². The minimum Gasteiger partial charge on any atom is -0.383 e. The summed E-state index contributed by atoms with van der Waals surface area (Å²) in [7, 11) is 1.65. The Morgan fingerprint density at radius 3 is 2.45 bits per heavy atom. The van der Waals surface area contributed by atoms with E-state index in [4.69, 9.17) is 4.74 Å². The first-order chi connectivity index (χ1) is 10.7. The van der Waals surface area contributed by atoms with Gasteiger partial charge in [-0.2, -0.15) is 0 Å². The zero-order valence-electron chi connectivity index (χ0n) is 13.6. The van der Waals surface area contributed by atoms with Crippen LogP contribution >= 0.6 is 0 Å². The van der Waals surface area contributed by atoms with E-state index in [0.717, 1.165) is 32.7 Å². The molecule has 1 amide bonds. The number of piperazine rings is 1.